The maximum atomic E-state index is 9.25. The van der Waals surface area contributed by atoms with Crippen LogP contribution >= 0.6 is 289 Å². The van der Waals surface area contributed by atoms with Crippen LogP contribution in [0.25, 0.3) is 0 Å². The highest BCUT2D eigenvalue weighted by molar-refractivity contribution is 14.1. The van der Waals surface area contributed by atoms with Crippen LogP contribution in [0.5, 0.6) is 80.5 Å². The maximum absolute atomic E-state index is 9.25. The molecule has 8 rings (SSSR count). The summed E-state index contributed by atoms with van der Waals surface area (Å²) in [6, 6.07) is 28.1. The van der Waals surface area contributed by atoms with Crippen molar-refractivity contribution in [2.75, 3.05) is 98.7 Å². The van der Waals surface area contributed by atoms with E-state index in [1.165, 1.54) is 12.4 Å². The van der Waals surface area contributed by atoms with Crippen LogP contribution in [0.4, 0.5) is 23.5 Å². The van der Waals surface area contributed by atoms with Gasteiger partial charge < -0.3 is 85.0 Å². The number of nitrogens with two attached hydrogens (primary N) is 4. The van der Waals surface area contributed by atoms with Crippen LogP contribution in [-0.4, -0.2) is 133 Å². The number of nitrogen functional groups attached to an aromatic ring is 4. The fraction of sp³-hybridized carbons (Fsp3) is 0.286. The molecule has 119 heavy (non-hydrogen) atoms. The Hall–Kier alpha value is -3.09. The number of aromatic nitrogens is 4. The monoisotopic (exact) mass is 3060 g/mol. The minimum absolute atomic E-state index is 0. The number of aromatic hydroxyl groups is 1. The number of hydrogen-bond donors (Lipinski definition) is 5. The average Bonchev–Trinajstić information content (AvgIpc) is 0.807. The number of rotatable bonds is 16. The number of anilines is 4. The number of alkyl halides is 1. The number of phenols is 1. The van der Waals surface area contributed by atoms with Crippen molar-refractivity contribution in [1.29, 1.82) is 15.8 Å². The summed E-state index contributed by atoms with van der Waals surface area (Å²) in [5.74, 6) is 16.5. The molecular weight excluding hydrogens is 2970 g/mol. The Labute approximate surface area is 874 Å². The summed E-state index contributed by atoms with van der Waals surface area (Å²) in [6.07, 6.45) is 9.65. The minimum Gasteiger partial charge on any atom is -0.507 e. The molecule has 0 saturated heterocycles. The Bertz CT molecular complexity index is 4910. The van der Waals surface area contributed by atoms with E-state index in [1.807, 2.05) is 93.0 Å². The highest BCUT2D eigenvalue weighted by atomic mass is 127. The molecule has 42 heteroatoms. The van der Waals surface area contributed by atoms with Crippen LogP contribution < -0.4 is 75.0 Å². The summed E-state index contributed by atoms with van der Waals surface area (Å²) < 4.78 is 68.8. The van der Waals surface area contributed by atoms with Gasteiger partial charge in [-0.25, -0.2) is 9.97 Å². The molecule has 0 atom stereocenters. The second kappa shape index (κ2) is 62.9. The van der Waals surface area contributed by atoms with Crippen LogP contribution in [0.15, 0.2) is 97.1 Å². The van der Waals surface area contributed by atoms with E-state index in [4.69, 9.17) is 97.2 Å². The number of ether oxygens (including phenoxy) is 11. The molecular formula is C77H91BBr4I10N12O12Si3. The molecule has 0 aliphatic heterocycles. The summed E-state index contributed by atoms with van der Waals surface area (Å²) in [4.78, 5) is 17.4. The van der Waals surface area contributed by atoms with E-state index >= 15 is 0 Å². The van der Waals surface area contributed by atoms with Gasteiger partial charge in [0.25, 0.3) is 0 Å². The fourth-order valence-electron chi connectivity index (χ4n) is 7.02. The summed E-state index contributed by atoms with van der Waals surface area (Å²) in [7, 11) is 10.9. The Morgan fingerprint density at radius 2 is 0.748 bits per heavy atom. The first-order valence-corrected chi connectivity index (χ1v) is 57.8. The zero-order valence-corrected chi connectivity index (χ0v) is 97.3. The standard InChI is InChI=1S/C21H28N4O2Si2.C12H12I2N2O2.C11H10I2N4O2.C9H7I2NO2.C8H8I2O2.C7H6I2O2.C5H10Si.C2H2BrN.2CH4.BBr3/c1-26-17-12-16(9-11-29(5,6)7)18(13-15(17)8-10-28(2,3)4)27-19-14-24-21(23)25-20(19)22;1-16(2)7-8(6-15)18-12-5-9(13)11(17-3)4-10(12)14;1-18-7-2-6(13)8(3-5(7)12)19-9-4-16-11(15)17-10(9)14;1-13-8-4-7(11)9(5-6(8)10)14-3-2-12;1-11-7-3-6(10)8(12-2)4-5(7)9;1-11-7-3-4(8)6(10)2-5(7)9;1-5-6(2,3)4;3-1-2-4;;;2-1(3)4/h12-14H,1-7H3,(H4,22,23,24,25);4-5,7H,1-3H3;2-4H,1H3,(H4,14,15,16,17);4-5H,3H2,1H3;3-4H,1-2H3;2-3,10H,1H3;1H,2-4H3;1H2;2*1H4;/b;8-7+;;;;;;;;;. The van der Waals surface area contributed by atoms with Crippen LogP contribution in [0.2, 0.25) is 58.9 Å². The third-order valence-electron chi connectivity index (χ3n) is 12.2. The number of phenolic OH excluding ortho intramolecular Hbond substituents is 1. The van der Waals surface area contributed by atoms with Gasteiger partial charge >= 0.3 is 3.18 Å². The van der Waals surface area contributed by atoms with Gasteiger partial charge in [-0.3, -0.25) is 0 Å². The number of terminal acetylenes is 1. The Balaban J connectivity index is -0.00000134. The van der Waals surface area contributed by atoms with Crippen LogP contribution in [0.1, 0.15) is 26.0 Å². The zero-order chi connectivity index (χ0) is 89.8. The average molecular weight is 3060 g/mol. The molecule has 0 unspecified atom stereocenters. The topological polar surface area (TPSA) is 352 Å². The van der Waals surface area contributed by atoms with Crippen molar-refractivity contribution in [3.8, 4) is 134 Å². The number of nitriles is 3. The third-order valence-corrected chi connectivity index (χ3v) is 23.6. The lowest BCUT2D eigenvalue weighted by Gasteiger charge is -2.13. The Morgan fingerprint density at radius 3 is 1.06 bits per heavy atom. The molecule has 0 amide bonds. The fourth-order valence-corrected chi connectivity index (χ4v) is 14.1. The number of methoxy groups -OCH3 is 7. The summed E-state index contributed by atoms with van der Waals surface area (Å²) in [6.45, 7) is 19.6. The van der Waals surface area contributed by atoms with E-state index in [9.17, 15) is 5.11 Å². The van der Waals surface area contributed by atoms with Crippen molar-refractivity contribution < 1.29 is 57.2 Å². The van der Waals surface area contributed by atoms with Gasteiger partial charge in [-0.05, 0) is 287 Å². The van der Waals surface area contributed by atoms with Gasteiger partial charge in [0.05, 0.1) is 127 Å². The molecule has 9 N–H and O–H groups in total. The molecule has 0 saturated carbocycles. The lowest BCUT2D eigenvalue weighted by atomic mass is 10.1. The summed E-state index contributed by atoms with van der Waals surface area (Å²) >= 11 is 33.8. The maximum Gasteiger partial charge on any atom is 0.369 e. The molecule has 2 heterocycles. The number of allylic oxidation sites excluding steroid dienone is 1. The number of benzene rings is 6. The lowest BCUT2D eigenvalue weighted by molar-refractivity contribution is 0.362. The van der Waals surface area contributed by atoms with Crippen molar-refractivity contribution >= 4 is 340 Å². The van der Waals surface area contributed by atoms with E-state index in [0.717, 1.165) is 81.5 Å². The van der Waals surface area contributed by atoms with Gasteiger partial charge in [0.1, 0.15) is 105 Å². The quantitative estimate of drug-likeness (QED) is 0.0150. The smallest absolute Gasteiger partial charge is 0.369 e. The largest absolute Gasteiger partial charge is 0.507 e. The molecule has 24 nitrogen and oxygen atoms in total. The first-order valence-electron chi connectivity index (χ1n) is 32.7. The highest BCUT2D eigenvalue weighted by Gasteiger charge is 2.19. The van der Waals surface area contributed by atoms with E-state index in [1.54, 1.807) is 73.0 Å². The number of halogens is 14. The summed E-state index contributed by atoms with van der Waals surface area (Å²) in [5.41, 5.74) is 33.6. The van der Waals surface area contributed by atoms with Crippen LogP contribution in [0, 0.1) is 105 Å². The predicted octanol–water partition coefficient (Wildman–Crippen LogP) is 23.9. The first kappa shape index (κ1) is 120. The highest BCUT2D eigenvalue weighted by Crippen LogP contribution is 2.39. The van der Waals surface area contributed by atoms with E-state index < -0.39 is 24.2 Å². The lowest BCUT2D eigenvalue weighted by Crippen LogP contribution is -2.16. The van der Waals surface area contributed by atoms with Gasteiger partial charge in [0.2, 0.25) is 17.7 Å². The number of nitrogens with zero attached hydrogens (tertiary/aromatic N) is 8. The SMILES string of the molecule is BrB(Br)Br.C.C.C#C[Si](C)(C)C.COc1cc(C#C[Si](C)(C)C)c(Oc2cnc(N)nc2N)cc1C#C[Si](C)(C)C.COc1cc(I)c(O)cc1I.COc1cc(I)c(O/C(C#N)=C/N(C)C)cc1I.COc1cc(I)c(OC)cc1I.COc1cc(I)c(OCC#N)cc1I.COc1cc(I)c(Oc2cnc(N)nc2N)cc1I.N#CCBr. The van der Waals surface area contributed by atoms with Crippen molar-refractivity contribution in [3.05, 3.63) is 144 Å². The zero-order valence-electron chi connectivity index (χ0n) is 66.3. The first-order chi connectivity index (χ1) is 54.6. The van der Waals surface area contributed by atoms with Gasteiger partial charge in [-0.1, -0.05) is 102 Å². The van der Waals surface area contributed by atoms with Gasteiger partial charge in [-0.15, -0.1) is 70.3 Å². The van der Waals surface area contributed by atoms with E-state index in [-0.39, 0.29) is 53.9 Å². The molecule has 0 aliphatic carbocycles. The summed E-state index contributed by atoms with van der Waals surface area (Å²) in [5, 5.41) is 34.7. The Morgan fingerprint density at radius 1 is 0.462 bits per heavy atom. The van der Waals surface area contributed by atoms with Crippen molar-refractivity contribution in [2.24, 2.45) is 0 Å². The van der Waals surface area contributed by atoms with Crippen LogP contribution in [0.3, 0.4) is 0 Å². The predicted molar refractivity (Wildman–Crippen MR) is 592 cm³/mol. The molecule has 0 aliphatic rings. The number of hydrogen-bond acceptors (Lipinski definition) is 24. The molecule has 0 fully saturated rings. The molecule has 8 aromatic rings. The molecule has 6 aromatic carbocycles. The molecule has 0 bridgehead atoms. The molecule has 2 aromatic heterocycles. The Kier molecular flexibility index (Phi) is 63.5. The van der Waals surface area contributed by atoms with Crippen molar-refractivity contribution in [3.63, 3.8) is 0 Å². The van der Waals surface area contributed by atoms with Crippen molar-refractivity contribution in [1.82, 2.24) is 24.8 Å². The molecule has 0 spiro atoms. The normalized spacial score (nSPS) is 9.83. The van der Waals surface area contributed by atoms with Gasteiger partial charge in [0, 0.05) is 26.2 Å². The molecule has 644 valence electrons. The van der Waals surface area contributed by atoms with Crippen LogP contribution in [-0.2, 0) is 0 Å². The second-order valence-corrected chi connectivity index (χ2v) is 58.0. The van der Waals surface area contributed by atoms with Crippen molar-refractivity contribution in [2.45, 2.75) is 73.8 Å². The van der Waals surface area contributed by atoms with E-state index in [0.29, 0.717) is 51.1 Å². The third kappa shape index (κ3) is 50.1. The van der Waals surface area contributed by atoms with Gasteiger partial charge in [0.15, 0.2) is 29.7 Å². The van der Waals surface area contributed by atoms with Gasteiger partial charge in [-0.2, -0.15) is 25.8 Å². The second-order valence-electron chi connectivity index (χ2n) is 25.1. The van der Waals surface area contributed by atoms with E-state index in [2.05, 4.69) is 396 Å². The minimum atomic E-state index is -1.60. The molecule has 0 radical (unpaired) electrons.